The monoisotopic (exact) mass is 235 g/mol. The summed E-state index contributed by atoms with van der Waals surface area (Å²) < 4.78 is 2.04. The van der Waals surface area contributed by atoms with Crippen LogP contribution in [0, 0.1) is 5.92 Å². The van der Waals surface area contributed by atoms with Gasteiger partial charge in [-0.3, -0.25) is 4.68 Å². The van der Waals surface area contributed by atoms with Gasteiger partial charge in [-0.2, -0.15) is 5.10 Å². The maximum absolute atomic E-state index is 4.43. The number of rotatable bonds is 4. The van der Waals surface area contributed by atoms with E-state index in [9.17, 15) is 0 Å². The fourth-order valence-electron chi connectivity index (χ4n) is 2.10. The first-order chi connectivity index (χ1) is 7.79. The third kappa shape index (κ3) is 3.09. The van der Waals surface area contributed by atoms with Crippen LogP contribution >= 0.6 is 0 Å². The number of hydrogen-bond acceptors (Lipinski definition) is 2. The van der Waals surface area contributed by atoms with Gasteiger partial charge < -0.3 is 5.32 Å². The summed E-state index contributed by atoms with van der Waals surface area (Å²) in [7, 11) is 0. The minimum absolute atomic E-state index is 0.0737. The van der Waals surface area contributed by atoms with Crippen molar-refractivity contribution in [3.63, 3.8) is 0 Å². The Labute approximate surface area is 105 Å². The van der Waals surface area contributed by atoms with Crippen LogP contribution in [0.1, 0.15) is 53.0 Å². The van der Waals surface area contributed by atoms with Gasteiger partial charge in [-0.05, 0) is 53.4 Å². The average molecular weight is 235 g/mol. The molecule has 96 valence electrons. The summed E-state index contributed by atoms with van der Waals surface area (Å²) in [4.78, 5) is 0. The van der Waals surface area contributed by atoms with Gasteiger partial charge in [0.15, 0.2) is 0 Å². The molecule has 17 heavy (non-hydrogen) atoms. The lowest BCUT2D eigenvalue weighted by molar-refractivity contribution is 0.338. The predicted octanol–water partition coefficient (Wildman–Crippen LogP) is 2.92. The summed E-state index contributed by atoms with van der Waals surface area (Å²) in [6.45, 7) is 12.0. The zero-order valence-corrected chi connectivity index (χ0v) is 11.7. The molecule has 0 amide bonds. The van der Waals surface area contributed by atoms with E-state index in [4.69, 9.17) is 0 Å². The minimum Gasteiger partial charge on any atom is -0.307 e. The molecule has 0 saturated heterocycles. The Morgan fingerprint density at radius 1 is 1.29 bits per heavy atom. The summed E-state index contributed by atoms with van der Waals surface area (Å²) in [5.41, 5.74) is 1.61. The Morgan fingerprint density at radius 3 is 2.41 bits per heavy atom. The van der Waals surface area contributed by atoms with E-state index >= 15 is 0 Å². The van der Waals surface area contributed by atoms with Crippen LogP contribution in [-0.2, 0) is 12.1 Å². The van der Waals surface area contributed by atoms with E-state index in [0.717, 1.165) is 12.5 Å². The van der Waals surface area contributed by atoms with Gasteiger partial charge in [-0.15, -0.1) is 0 Å². The van der Waals surface area contributed by atoms with Crippen LogP contribution in [-0.4, -0.2) is 15.3 Å². The highest BCUT2D eigenvalue weighted by Crippen LogP contribution is 2.39. The molecule has 1 saturated carbocycles. The van der Waals surface area contributed by atoms with Crippen molar-refractivity contribution in [3.8, 4) is 0 Å². The minimum atomic E-state index is 0.0737. The van der Waals surface area contributed by atoms with E-state index in [1.807, 2.05) is 10.9 Å². The first-order valence-electron chi connectivity index (χ1n) is 6.58. The van der Waals surface area contributed by atoms with Crippen molar-refractivity contribution in [1.82, 2.24) is 15.1 Å². The SMILES string of the molecule is CC(C)(NCc1cnn(C(C)(C)C)c1)C1CC1. The Hall–Kier alpha value is -0.830. The van der Waals surface area contributed by atoms with E-state index in [1.54, 1.807) is 0 Å². The fourth-order valence-corrected chi connectivity index (χ4v) is 2.10. The van der Waals surface area contributed by atoms with Crippen molar-refractivity contribution in [2.24, 2.45) is 5.92 Å². The first kappa shape index (κ1) is 12.6. The molecule has 0 atom stereocenters. The van der Waals surface area contributed by atoms with Gasteiger partial charge in [0.25, 0.3) is 0 Å². The van der Waals surface area contributed by atoms with Gasteiger partial charge in [-0.1, -0.05) is 0 Å². The van der Waals surface area contributed by atoms with Crippen LogP contribution in [0.25, 0.3) is 0 Å². The van der Waals surface area contributed by atoms with Crippen LogP contribution in [0.2, 0.25) is 0 Å². The highest BCUT2D eigenvalue weighted by molar-refractivity contribution is 5.06. The van der Waals surface area contributed by atoms with E-state index in [-0.39, 0.29) is 11.1 Å². The summed E-state index contributed by atoms with van der Waals surface area (Å²) >= 11 is 0. The molecule has 1 aromatic rings. The number of nitrogens with one attached hydrogen (secondary N) is 1. The Bertz CT molecular complexity index is 380. The molecule has 0 unspecified atom stereocenters. The van der Waals surface area contributed by atoms with Crippen molar-refractivity contribution in [2.45, 2.75) is 65.1 Å². The molecule has 1 aliphatic carbocycles. The van der Waals surface area contributed by atoms with Gasteiger partial charge >= 0.3 is 0 Å². The Kier molecular flexibility index (Phi) is 3.06. The molecule has 1 aromatic heterocycles. The molecule has 0 aromatic carbocycles. The molecule has 0 spiro atoms. The summed E-state index contributed by atoms with van der Waals surface area (Å²) in [5.74, 6) is 0.861. The van der Waals surface area contributed by atoms with Crippen molar-refractivity contribution in [1.29, 1.82) is 0 Å². The van der Waals surface area contributed by atoms with Crippen LogP contribution in [0.15, 0.2) is 12.4 Å². The van der Waals surface area contributed by atoms with Crippen LogP contribution in [0.5, 0.6) is 0 Å². The Balaban J connectivity index is 1.93. The topological polar surface area (TPSA) is 29.9 Å². The molecule has 1 heterocycles. The average Bonchev–Trinajstić information content (AvgIpc) is 2.94. The second kappa shape index (κ2) is 4.13. The van der Waals surface area contributed by atoms with Gasteiger partial charge in [-0.25, -0.2) is 0 Å². The zero-order valence-electron chi connectivity index (χ0n) is 11.7. The van der Waals surface area contributed by atoms with Crippen LogP contribution < -0.4 is 5.32 Å². The molecule has 2 rings (SSSR count). The van der Waals surface area contributed by atoms with E-state index < -0.39 is 0 Å². The van der Waals surface area contributed by atoms with Gasteiger partial charge in [0.2, 0.25) is 0 Å². The molecule has 3 heteroatoms. The van der Waals surface area contributed by atoms with E-state index in [2.05, 4.69) is 51.2 Å². The summed E-state index contributed by atoms with van der Waals surface area (Å²) in [6, 6.07) is 0. The highest BCUT2D eigenvalue weighted by atomic mass is 15.3. The highest BCUT2D eigenvalue weighted by Gasteiger charge is 2.37. The lowest BCUT2D eigenvalue weighted by Crippen LogP contribution is -2.40. The first-order valence-corrected chi connectivity index (χ1v) is 6.58. The fraction of sp³-hybridized carbons (Fsp3) is 0.786. The van der Waals surface area contributed by atoms with Crippen molar-refractivity contribution < 1.29 is 0 Å². The quantitative estimate of drug-likeness (QED) is 0.869. The predicted molar refractivity (Wildman–Crippen MR) is 70.9 cm³/mol. The molecular formula is C14H25N3. The van der Waals surface area contributed by atoms with Gasteiger partial charge in [0.1, 0.15) is 0 Å². The molecule has 0 radical (unpaired) electrons. The number of hydrogen-bond donors (Lipinski definition) is 1. The number of nitrogens with zero attached hydrogens (tertiary/aromatic N) is 2. The largest absolute Gasteiger partial charge is 0.307 e. The second-order valence-electron chi connectivity index (χ2n) is 6.81. The van der Waals surface area contributed by atoms with Crippen molar-refractivity contribution >= 4 is 0 Å². The molecule has 0 aliphatic heterocycles. The summed E-state index contributed by atoms with van der Waals surface area (Å²) in [5, 5.41) is 8.07. The Morgan fingerprint density at radius 2 is 1.94 bits per heavy atom. The van der Waals surface area contributed by atoms with Crippen molar-refractivity contribution in [2.75, 3.05) is 0 Å². The lowest BCUT2D eigenvalue weighted by Gasteiger charge is -2.26. The molecular weight excluding hydrogens is 210 g/mol. The van der Waals surface area contributed by atoms with Crippen molar-refractivity contribution in [3.05, 3.63) is 18.0 Å². The maximum atomic E-state index is 4.43. The maximum Gasteiger partial charge on any atom is 0.0543 e. The standard InChI is InChI=1S/C14H25N3/c1-13(2,3)17-10-11(9-16-17)8-15-14(4,5)12-6-7-12/h9-10,12,15H,6-8H2,1-5H3. The van der Waals surface area contributed by atoms with Gasteiger partial charge in [0, 0.05) is 23.8 Å². The lowest BCUT2D eigenvalue weighted by atomic mass is 9.98. The zero-order chi connectivity index (χ0) is 12.7. The molecule has 1 aliphatic rings. The summed E-state index contributed by atoms with van der Waals surface area (Å²) in [6.07, 6.45) is 6.87. The van der Waals surface area contributed by atoms with E-state index in [1.165, 1.54) is 18.4 Å². The van der Waals surface area contributed by atoms with Crippen LogP contribution in [0.4, 0.5) is 0 Å². The van der Waals surface area contributed by atoms with Crippen LogP contribution in [0.3, 0.4) is 0 Å². The molecule has 0 bridgehead atoms. The van der Waals surface area contributed by atoms with Gasteiger partial charge in [0.05, 0.1) is 11.7 Å². The smallest absolute Gasteiger partial charge is 0.0543 e. The normalized spacial score (nSPS) is 17.5. The third-order valence-electron chi connectivity index (χ3n) is 3.67. The third-order valence-corrected chi connectivity index (χ3v) is 3.67. The second-order valence-corrected chi connectivity index (χ2v) is 6.81. The van der Waals surface area contributed by atoms with E-state index in [0.29, 0.717) is 0 Å². The molecule has 3 nitrogen and oxygen atoms in total. The molecule has 1 N–H and O–H groups in total. The number of aromatic nitrogens is 2. The molecule has 1 fully saturated rings.